The maximum absolute atomic E-state index is 11.5. The van der Waals surface area contributed by atoms with Crippen LogP contribution in [0.5, 0.6) is 0 Å². The van der Waals surface area contributed by atoms with E-state index >= 15 is 0 Å². The van der Waals surface area contributed by atoms with Crippen molar-refractivity contribution in [2.45, 2.75) is 26.4 Å². The summed E-state index contributed by atoms with van der Waals surface area (Å²) in [6.45, 7) is 5.44. The van der Waals surface area contributed by atoms with E-state index in [2.05, 4.69) is 10.3 Å². The predicted molar refractivity (Wildman–Crippen MR) is 54.7 cm³/mol. The van der Waals surface area contributed by atoms with Gasteiger partial charge in [-0.05, 0) is 32.9 Å². The number of ether oxygens (including phenoxy) is 1. The Morgan fingerprint density at radius 1 is 1.43 bits per heavy atom. The summed E-state index contributed by atoms with van der Waals surface area (Å²) in [4.78, 5) is 15.4. The molecule has 4 nitrogen and oxygen atoms in total. The van der Waals surface area contributed by atoms with Crippen LogP contribution in [0.2, 0.25) is 0 Å². The molecular formula is C10H14N2O2. The van der Waals surface area contributed by atoms with Crippen molar-refractivity contribution in [2.24, 2.45) is 4.99 Å². The number of nitrogens with zero attached hydrogens (tertiary/aromatic N) is 1. The minimum absolute atomic E-state index is 0.199. The first kappa shape index (κ1) is 10.5. The highest BCUT2D eigenvalue weighted by Gasteiger charge is 2.20. The van der Waals surface area contributed by atoms with Crippen molar-refractivity contribution >= 4 is 11.8 Å². The van der Waals surface area contributed by atoms with Crippen molar-refractivity contribution in [3.63, 3.8) is 0 Å². The average Bonchev–Trinajstić information content (AvgIpc) is 2.27. The van der Waals surface area contributed by atoms with E-state index in [4.69, 9.17) is 4.74 Å². The molecule has 1 N–H and O–H groups in total. The molecule has 0 aliphatic carbocycles. The Balaban J connectivity index is 2.66. The first-order valence-electron chi connectivity index (χ1n) is 4.38. The van der Waals surface area contributed by atoms with Gasteiger partial charge in [-0.3, -0.25) is 0 Å². The van der Waals surface area contributed by atoms with Gasteiger partial charge in [0, 0.05) is 12.4 Å². The first-order valence-corrected chi connectivity index (χ1v) is 4.38. The third kappa shape index (κ3) is 3.43. The fraction of sp³-hybridized carbons (Fsp3) is 0.400. The van der Waals surface area contributed by atoms with Crippen molar-refractivity contribution in [1.82, 2.24) is 5.32 Å². The van der Waals surface area contributed by atoms with E-state index in [9.17, 15) is 4.79 Å². The molecule has 0 aromatic rings. The highest BCUT2D eigenvalue weighted by atomic mass is 16.6. The lowest BCUT2D eigenvalue weighted by Crippen LogP contribution is -2.34. The summed E-state index contributed by atoms with van der Waals surface area (Å²) in [6, 6.07) is 0. The molecule has 0 aromatic heterocycles. The number of allylic oxidation sites excluding steroid dienone is 2. The van der Waals surface area contributed by atoms with Crippen molar-refractivity contribution in [3.05, 3.63) is 24.6 Å². The summed E-state index contributed by atoms with van der Waals surface area (Å²) in [5.74, 6) is -0.251. The summed E-state index contributed by atoms with van der Waals surface area (Å²) >= 11 is 0. The molecule has 76 valence electrons. The topological polar surface area (TPSA) is 50.7 Å². The van der Waals surface area contributed by atoms with E-state index in [1.165, 1.54) is 6.20 Å². The molecule has 0 bridgehead atoms. The number of hydrogen-bond donors (Lipinski definition) is 1. The Bertz CT molecular complexity index is 309. The number of hydrogen-bond acceptors (Lipinski definition) is 4. The first-order chi connectivity index (χ1) is 6.49. The Morgan fingerprint density at radius 2 is 2.14 bits per heavy atom. The molecule has 0 saturated heterocycles. The number of nitrogens with one attached hydrogen (secondary N) is 1. The molecular weight excluding hydrogens is 180 g/mol. The monoisotopic (exact) mass is 194 g/mol. The van der Waals surface area contributed by atoms with Gasteiger partial charge in [0.25, 0.3) is 0 Å². The van der Waals surface area contributed by atoms with Crippen LogP contribution in [0.1, 0.15) is 20.8 Å². The van der Waals surface area contributed by atoms with E-state index in [0.717, 1.165) is 0 Å². The molecule has 14 heavy (non-hydrogen) atoms. The quantitative estimate of drug-likeness (QED) is 0.641. The van der Waals surface area contributed by atoms with Crippen molar-refractivity contribution in [2.75, 3.05) is 0 Å². The molecule has 1 aliphatic rings. The van der Waals surface area contributed by atoms with E-state index in [1.54, 1.807) is 18.4 Å². The van der Waals surface area contributed by atoms with Gasteiger partial charge in [-0.15, -0.1) is 0 Å². The summed E-state index contributed by atoms with van der Waals surface area (Å²) in [5.41, 5.74) is -0.499. The minimum Gasteiger partial charge on any atom is -0.454 e. The maximum Gasteiger partial charge on any atom is 0.374 e. The Hall–Kier alpha value is -1.58. The van der Waals surface area contributed by atoms with Crippen LogP contribution in [-0.4, -0.2) is 17.4 Å². The second-order valence-electron chi connectivity index (χ2n) is 3.82. The van der Waals surface area contributed by atoms with Crippen molar-refractivity contribution < 1.29 is 9.53 Å². The maximum atomic E-state index is 11.5. The lowest BCUT2D eigenvalue weighted by molar-refractivity contribution is -0.146. The summed E-state index contributed by atoms with van der Waals surface area (Å²) < 4.78 is 5.13. The van der Waals surface area contributed by atoms with Crippen LogP contribution in [0, 0.1) is 0 Å². The van der Waals surface area contributed by atoms with Gasteiger partial charge in [-0.25, -0.2) is 9.79 Å². The van der Waals surface area contributed by atoms with E-state index in [0.29, 0.717) is 0 Å². The molecule has 0 fully saturated rings. The van der Waals surface area contributed by atoms with Crippen molar-refractivity contribution in [1.29, 1.82) is 0 Å². The molecule has 0 amide bonds. The van der Waals surface area contributed by atoms with Crippen LogP contribution in [0.25, 0.3) is 0 Å². The largest absolute Gasteiger partial charge is 0.454 e. The molecule has 1 heterocycles. The van der Waals surface area contributed by atoms with Gasteiger partial charge < -0.3 is 10.1 Å². The lowest BCUT2D eigenvalue weighted by atomic mass is 10.2. The van der Waals surface area contributed by atoms with Crippen LogP contribution in [0.4, 0.5) is 0 Å². The Kier molecular flexibility index (Phi) is 3.06. The molecule has 0 atom stereocenters. The van der Waals surface area contributed by atoms with Crippen LogP contribution >= 0.6 is 0 Å². The van der Waals surface area contributed by atoms with Gasteiger partial charge >= 0.3 is 5.97 Å². The third-order valence-corrected chi connectivity index (χ3v) is 1.31. The summed E-state index contributed by atoms with van der Waals surface area (Å²) in [6.07, 6.45) is 6.65. The number of aliphatic imine (C=N–C) groups is 1. The Labute approximate surface area is 83.4 Å². The van der Waals surface area contributed by atoms with Gasteiger partial charge in [-0.1, -0.05) is 0 Å². The van der Waals surface area contributed by atoms with Gasteiger partial charge in [0.05, 0.1) is 0 Å². The third-order valence-electron chi connectivity index (χ3n) is 1.31. The van der Waals surface area contributed by atoms with Crippen LogP contribution in [0.15, 0.2) is 29.5 Å². The second-order valence-corrected chi connectivity index (χ2v) is 3.82. The highest BCUT2D eigenvalue weighted by molar-refractivity contribution is 6.35. The zero-order chi connectivity index (χ0) is 10.6. The molecule has 0 aromatic carbocycles. The molecule has 4 heteroatoms. The highest BCUT2D eigenvalue weighted by Crippen LogP contribution is 2.07. The van der Waals surface area contributed by atoms with E-state index in [1.807, 2.05) is 20.8 Å². The fourth-order valence-electron chi connectivity index (χ4n) is 0.825. The Morgan fingerprint density at radius 3 is 2.79 bits per heavy atom. The zero-order valence-electron chi connectivity index (χ0n) is 8.57. The lowest BCUT2D eigenvalue weighted by Gasteiger charge is -2.19. The predicted octanol–water partition coefficient (Wildman–Crippen LogP) is 1.36. The molecule has 0 radical (unpaired) electrons. The van der Waals surface area contributed by atoms with Gasteiger partial charge in [-0.2, -0.15) is 0 Å². The molecule has 1 aliphatic heterocycles. The van der Waals surface area contributed by atoms with E-state index < -0.39 is 11.6 Å². The molecule has 0 unspecified atom stereocenters. The molecule has 0 saturated carbocycles. The summed E-state index contributed by atoms with van der Waals surface area (Å²) in [5, 5.41) is 2.74. The van der Waals surface area contributed by atoms with Gasteiger partial charge in [0.15, 0.2) is 0 Å². The molecule has 0 spiro atoms. The van der Waals surface area contributed by atoms with Crippen molar-refractivity contribution in [3.8, 4) is 0 Å². The van der Waals surface area contributed by atoms with Gasteiger partial charge in [0.2, 0.25) is 5.84 Å². The standard InChI is InChI=1S/C10H14N2O2/c1-10(2,3)14-9(13)8-11-6-4-5-7-12-8/h4-7H,1-3H3,(H,11,12). The molecule has 1 rings (SSSR count). The number of rotatable bonds is 1. The minimum atomic E-state index is -0.499. The number of carbonyl (C=O) groups excluding carboxylic acids is 1. The fourth-order valence-corrected chi connectivity index (χ4v) is 0.825. The smallest absolute Gasteiger partial charge is 0.374 e. The number of carbonyl (C=O) groups is 1. The van der Waals surface area contributed by atoms with Gasteiger partial charge in [0.1, 0.15) is 5.60 Å². The van der Waals surface area contributed by atoms with Crippen LogP contribution in [-0.2, 0) is 9.53 Å². The second kappa shape index (κ2) is 4.09. The SMILES string of the molecule is CC(C)(C)OC(=O)C1=NC=CC=CN1. The number of amidine groups is 1. The zero-order valence-corrected chi connectivity index (χ0v) is 8.57. The summed E-state index contributed by atoms with van der Waals surface area (Å²) in [7, 11) is 0. The number of esters is 1. The van der Waals surface area contributed by atoms with Crippen LogP contribution < -0.4 is 5.32 Å². The van der Waals surface area contributed by atoms with E-state index in [-0.39, 0.29) is 5.84 Å². The normalized spacial score (nSPS) is 15.5. The van der Waals surface area contributed by atoms with Crippen LogP contribution in [0.3, 0.4) is 0 Å². The average molecular weight is 194 g/mol.